The fourth-order valence-electron chi connectivity index (χ4n) is 13.0. The van der Waals surface area contributed by atoms with Crippen molar-refractivity contribution in [2.45, 2.75) is 0 Å². The van der Waals surface area contributed by atoms with Gasteiger partial charge in [0.2, 0.25) is 0 Å². The third-order valence-electron chi connectivity index (χ3n) is 16.8. The molecule has 0 radical (unpaired) electrons. The van der Waals surface area contributed by atoms with Crippen LogP contribution in [-0.2, 0) is 0 Å². The van der Waals surface area contributed by atoms with Gasteiger partial charge in [-0.15, -0.1) is 0 Å². The van der Waals surface area contributed by atoms with E-state index < -0.39 is 0 Å². The van der Waals surface area contributed by atoms with E-state index in [0.29, 0.717) is 0 Å². The predicted octanol–water partition coefficient (Wildman–Crippen LogP) is 22.1. The Hall–Kier alpha value is -11.2. The van der Waals surface area contributed by atoms with Gasteiger partial charge in [0, 0.05) is 61.4 Å². The molecule has 0 bridgehead atoms. The van der Waals surface area contributed by atoms with Crippen molar-refractivity contribution in [3.05, 3.63) is 328 Å². The summed E-state index contributed by atoms with van der Waals surface area (Å²) in [6, 6.07) is 120. The molecule has 0 saturated heterocycles. The van der Waals surface area contributed by atoms with Gasteiger partial charge >= 0.3 is 0 Å². The van der Waals surface area contributed by atoms with Crippen LogP contribution in [0.15, 0.2) is 328 Å². The number of rotatable bonds is 11. The summed E-state index contributed by atoms with van der Waals surface area (Å²) in [6.07, 6.45) is 0. The molecule has 4 heteroatoms. The molecular formula is C80H54N4. The highest BCUT2D eigenvalue weighted by molar-refractivity contribution is 6.17. The fourth-order valence-corrected chi connectivity index (χ4v) is 13.0. The van der Waals surface area contributed by atoms with Gasteiger partial charge in [0.05, 0.1) is 27.8 Å². The third kappa shape index (κ3) is 8.30. The van der Waals surface area contributed by atoms with Gasteiger partial charge in [0.25, 0.3) is 0 Å². The first-order valence-electron chi connectivity index (χ1n) is 28.8. The van der Waals surface area contributed by atoms with E-state index in [9.17, 15) is 0 Å². The first kappa shape index (κ1) is 48.7. The molecule has 0 spiro atoms. The Kier molecular flexibility index (Phi) is 11.8. The number of nitrogens with zero attached hydrogens (tertiary/aromatic N) is 4. The maximum absolute atomic E-state index is 2.53. The van der Waals surface area contributed by atoms with E-state index in [2.05, 4.69) is 347 Å². The maximum Gasteiger partial charge on any atom is 0.0782 e. The summed E-state index contributed by atoms with van der Waals surface area (Å²) in [5, 5.41) is 9.60. The van der Waals surface area contributed by atoms with Crippen LogP contribution in [-0.4, -0.2) is 9.13 Å². The zero-order valence-corrected chi connectivity index (χ0v) is 46.0. The Morgan fingerprint density at radius 1 is 0.214 bits per heavy atom. The minimum Gasteiger partial charge on any atom is -0.310 e. The summed E-state index contributed by atoms with van der Waals surface area (Å²) in [5.41, 5.74) is 19.8. The second-order valence-electron chi connectivity index (χ2n) is 21.7. The van der Waals surface area contributed by atoms with Gasteiger partial charge in [0.1, 0.15) is 0 Å². The van der Waals surface area contributed by atoms with Crippen molar-refractivity contribution in [3.8, 4) is 44.8 Å². The van der Waals surface area contributed by atoms with E-state index in [4.69, 9.17) is 0 Å². The molecule has 4 nitrogen and oxygen atoms in total. The van der Waals surface area contributed by atoms with Crippen molar-refractivity contribution in [1.29, 1.82) is 0 Å². The Labute approximate surface area is 487 Å². The van der Waals surface area contributed by atoms with Crippen molar-refractivity contribution in [2.24, 2.45) is 0 Å². The molecule has 14 aromatic carbocycles. The molecule has 2 aromatic heterocycles. The summed E-state index contributed by atoms with van der Waals surface area (Å²) in [5.74, 6) is 0. The van der Waals surface area contributed by atoms with Crippen LogP contribution in [0, 0.1) is 0 Å². The lowest BCUT2D eigenvalue weighted by Crippen LogP contribution is -2.14. The van der Waals surface area contributed by atoms with Crippen molar-refractivity contribution < 1.29 is 0 Å². The van der Waals surface area contributed by atoms with Crippen molar-refractivity contribution in [2.75, 3.05) is 9.80 Å². The minimum absolute atomic E-state index is 1.01. The second-order valence-corrected chi connectivity index (χ2v) is 21.7. The zero-order chi connectivity index (χ0) is 55.5. The smallest absolute Gasteiger partial charge is 0.0782 e. The molecule has 394 valence electrons. The molecule has 0 atom stereocenters. The van der Waals surface area contributed by atoms with Crippen LogP contribution in [0.5, 0.6) is 0 Å². The van der Waals surface area contributed by atoms with Gasteiger partial charge in [-0.05, 0) is 158 Å². The Bertz CT molecular complexity index is 5020. The van der Waals surface area contributed by atoms with Crippen LogP contribution >= 0.6 is 0 Å². The molecule has 16 rings (SSSR count). The quantitative estimate of drug-likeness (QED) is 0.120. The van der Waals surface area contributed by atoms with Crippen molar-refractivity contribution in [3.63, 3.8) is 0 Å². The molecule has 0 fully saturated rings. The van der Waals surface area contributed by atoms with Crippen LogP contribution in [0.25, 0.3) is 110 Å². The Morgan fingerprint density at radius 2 is 0.655 bits per heavy atom. The lowest BCUT2D eigenvalue weighted by atomic mass is 9.92. The molecular weight excluding hydrogens is 1020 g/mol. The average Bonchev–Trinajstić information content (AvgIpc) is 2.25. The van der Waals surface area contributed by atoms with E-state index in [-0.39, 0.29) is 0 Å². The molecule has 0 aliphatic heterocycles. The van der Waals surface area contributed by atoms with E-state index in [1.807, 2.05) is 0 Å². The number of para-hydroxylation sites is 5. The fraction of sp³-hybridized carbons (Fsp3) is 0. The molecule has 0 saturated carbocycles. The number of hydrogen-bond acceptors (Lipinski definition) is 2. The normalized spacial score (nSPS) is 11.6. The Balaban J connectivity index is 1.03. The van der Waals surface area contributed by atoms with Gasteiger partial charge < -0.3 is 18.9 Å². The molecule has 0 unspecified atom stereocenters. The van der Waals surface area contributed by atoms with Gasteiger partial charge in [-0.2, -0.15) is 0 Å². The van der Waals surface area contributed by atoms with Crippen molar-refractivity contribution in [1.82, 2.24) is 9.13 Å². The predicted molar refractivity (Wildman–Crippen MR) is 356 cm³/mol. The molecule has 0 aliphatic rings. The summed E-state index contributed by atoms with van der Waals surface area (Å²) in [6.45, 7) is 0. The topological polar surface area (TPSA) is 16.3 Å². The largest absolute Gasteiger partial charge is 0.310 e. The van der Waals surface area contributed by atoms with E-state index >= 15 is 0 Å². The number of aromatic nitrogens is 2. The first-order chi connectivity index (χ1) is 41.7. The SMILES string of the molecule is c1ccc(-c2ccc(N(c3ccc(-c4ccccc4)cc3)c3cc(-c4cc5ccccc5c5ccccc45)cc(N(c4ccc5c6ccccc6n(-c6ccccc6)c5c4)c4cccc5c6ccccc6n(-c6ccccc6)c45)c3)cc2)cc1. The zero-order valence-electron chi connectivity index (χ0n) is 46.0. The third-order valence-corrected chi connectivity index (χ3v) is 16.8. The molecule has 0 aliphatic carbocycles. The summed E-state index contributed by atoms with van der Waals surface area (Å²) < 4.78 is 4.89. The molecule has 0 amide bonds. The average molecular weight is 1070 g/mol. The van der Waals surface area contributed by atoms with Gasteiger partial charge in [0.15, 0.2) is 0 Å². The van der Waals surface area contributed by atoms with Crippen LogP contribution in [0.3, 0.4) is 0 Å². The first-order valence-corrected chi connectivity index (χ1v) is 28.8. The molecule has 2 heterocycles. The summed E-state index contributed by atoms with van der Waals surface area (Å²) >= 11 is 0. The van der Waals surface area contributed by atoms with Crippen LogP contribution in [0.1, 0.15) is 0 Å². The lowest BCUT2D eigenvalue weighted by Gasteiger charge is -2.31. The highest BCUT2D eigenvalue weighted by Crippen LogP contribution is 2.49. The van der Waals surface area contributed by atoms with Crippen LogP contribution < -0.4 is 9.80 Å². The van der Waals surface area contributed by atoms with E-state index in [1.54, 1.807) is 0 Å². The molecule has 84 heavy (non-hydrogen) atoms. The highest BCUT2D eigenvalue weighted by Gasteiger charge is 2.26. The van der Waals surface area contributed by atoms with Gasteiger partial charge in [-0.25, -0.2) is 0 Å². The van der Waals surface area contributed by atoms with Gasteiger partial charge in [-0.1, -0.05) is 224 Å². The van der Waals surface area contributed by atoms with E-state index in [0.717, 1.165) is 89.8 Å². The highest BCUT2D eigenvalue weighted by atomic mass is 15.2. The standard InChI is InChI=1S/C80H54N4/c1-5-22-55(23-6-1)57-40-44-63(45-41-57)81(64-46-42-58(43-47-64)56-24-7-2-8-25-56)66-50-60(75-52-59-26-13-14-31-68(59)69-32-15-16-33-70(69)75)51-67(53-66)82(65-48-49-73-71-34-17-19-37-76(71)83(79(73)54-65)61-27-9-3-10-28-61)78-39-21-36-74-72-35-18-20-38-77(72)84(80(74)78)62-29-11-4-12-30-62/h1-54H. The number of fused-ring (bicyclic) bond motifs is 9. The summed E-state index contributed by atoms with van der Waals surface area (Å²) in [4.78, 5) is 4.97. The summed E-state index contributed by atoms with van der Waals surface area (Å²) in [7, 11) is 0. The monoisotopic (exact) mass is 1070 g/mol. The van der Waals surface area contributed by atoms with Gasteiger partial charge in [-0.3, -0.25) is 0 Å². The number of anilines is 6. The van der Waals surface area contributed by atoms with E-state index in [1.165, 1.54) is 54.2 Å². The maximum atomic E-state index is 2.53. The number of hydrogen-bond donors (Lipinski definition) is 0. The molecule has 0 N–H and O–H groups in total. The Morgan fingerprint density at radius 3 is 1.27 bits per heavy atom. The minimum atomic E-state index is 1.01. The van der Waals surface area contributed by atoms with Crippen LogP contribution in [0.2, 0.25) is 0 Å². The number of benzene rings is 14. The second kappa shape index (κ2) is 20.4. The lowest BCUT2D eigenvalue weighted by molar-refractivity contribution is 1.16. The molecule has 16 aromatic rings. The van der Waals surface area contributed by atoms with Crippen LogP contribution in [0.4, 0.5) is 34.1 Å². The van der Waals surface area contributed by atoms with Crippen molar-refractivity contribution >= 4 is 99.3 Å².